The largest absolute Gasteiger partial charge is 0.314 e. The molecule has 2 rings (SSSR count). The van der Waals surface area contributed by atoms with Crippen molar-refractivity contribution >= 4 is 29.1 Å². The van der Waals surface area contributed by atoms with Gasteiger partial charge in [-0.15, -0.1) is 0 Å². The Bertz CT molecular complexity index is 490. The minimum atomic E-state index is -0.0730. The molecular weight excluding hydrogens is 278 g/mol. The van der Waals surface area contributed by atoms with Crippen LogP contribution in [0.2, 0.25) is 5.02 Å². The number of anilines is 1. The van der Waals surface area contributed by atoms with Gasteiger partial charge in [-0.05, 0) is 37.2 Å². The van der Waals surface area contributed by atoms with Crippen LogP contribution in [0.3, 0.4) is 0 Å². The van der Waals surface area contributed by atoms with E-state index < -0.39 is 0 Å². The van der Waals surface area contributed by atoms with E-state index in [0.29, 0.717) is 11.7 Å². The Hall–Kier alpha value is -1.59. The molecule has 0 aromatic heterocycles. The van der Waals surface area contributed by atoms with Gasteiger partial charge in [0, 0.05) is 10.7 Å². The molecular formula is C14H18ClN3O2. The van der Waals surface area contributed by atoms with E-state index >= 15 is 0 Å². The molecule has 108 valence electrons. The topological polar surface area (TPSA) is 52.7 Å². The Morgan fingerprint density at radius 2 is 2.05 bits per heavy atom. The van der Waals surface area contributed by atoms with Gasteiger partial charge in [0.25, 0.3) is 0 Å². The minimum Gasteiger partial charge on any atom is -0.314 e. The average Bonchev–Trinajstić information content (AvgIpc) is 2.82. The molecule has 1 saturated heterocycles. The summed E-state index contributed by atoms with van der Waals surface area (Å²) in [7, 11) is 0. The van der Waals surface area contributed by atoms with Crippen molar-refractivity contribution in [3.05, 3.63) is 29.3 Å². The number of amides is 2. The van der Waals surface area contributed by atoms with Crippen molar-refractivity contribution in [2.24, 2.45) is 0 Å². The smallest absolute Gasteiger partial charge is 0.248 e. The molecule has 0 radical (unpaired) electrons. The molecule has 0 aliphatic carbocycles. The van der Waals surface area contributed by atoms with Crippen molar-refractivity contribution in [2.75, 3.05) is 31.2 Å². The third kappa shape index (κ3) is 3.49. The molecule has 20 heavy (non-hydrogen) atoms. The minimum absolute atomic E-state index is 0.0525. The summed E-state index contributed by atoms with van der Waals surface area (Å²) in [6.45, 7) is 3.55. The Morgan fingerprint density at radius 3 is 2.70 bits per heavy atom. The predicted octanol–water partition coefficient (Wildman–Crippen LogP) is 1.47. The normalized spacial score (nSPS) is 15.0. The number of carbonyl (C=O) groups is 2. The lowest BCUT2D eigenvalue weighted by molar-refractivity contribution is -0.130. The van der Waals surface area contributed by atoms with Crippen molar-refractivity contribution in [1.82, 2.24) is 10.2 Å². The molecule has 0 bridgehead atoms. The summed E-state index contributed by atoms with van der Waals surface area (Å²) in [5, 5.41) is 3.67. The molecule has 1 heterocycles. The summed E-state index contributed by atoms with van der Waals surface area (Å²) < 4.78 is 0. The third-order valence-corrected chi connectivity index (χ3v) is 3.39. The van der Waals surface area contributed by atoms with E-state index in [1.807, 2.05) is 6.92 Å². The lowest BCUT2D eigenvalue weighted by Gasteiger charge is -2.18. The SMILES string of the molecule is CCCNCC(=O)N1CC(=O)N(c2ccc(Cl)cc2)C1. The molecule has 1 aliphatic rings. The lowest BCUT2D eigenvalue weighted by Crippen LogP contribution is -2.38. The summed E-state index contributed by atoms with van der Waals surface area (Å²) in [6.07, 6.45) is 0.975. The maximum atomic E-state index is 12.0. The van der Waals surface area contributed by atoms with Crippen LogP contribution in [0.4, 0.5) is 5.69 Å². The Kier molecular flexibility index (Phi) is 4.98. The van der Waals surface area contributed by atoms with E-state index in [0.717, 1.165) is 18.7 Å². The zero-order valence-electron chi connectivity index (χ0n) is 11.4. The first-order chi connectivity index (χ1) is 9.61. The highest BCUT2D eigenvalue weighted by Gasteiger charge is 2.31. The summed E-state index contributed by atoms with van der Waals surface area (Å²) in [5.41, 5.74) is 0.760. The van der Waals surface area contributed by atoms with Gasteiger partial charge in [0.15, 0.2) is 0 Å². The van der Waals surface area contributed by atoms with Crippen LogP contribution in [-0.2, 0) is 9.59 Å². The van der Waals surface area contributed by atoms with Crippen molar-refractivity contribution in [3.63, 3.8) is 0 Å². The van der Waals surface area contributed by atoms with E-state index in [4.69, 9.17) is 11.6 Å². The number of rotatable bonds is 5. The second-order valence-corrected chi connectivity index (χ2v) is 5.14. The fraction of sp³-hybridized carbons (Fsp3) is 0.429. The average molecular weight is 296 g/mol. The van der Waals surface area contributed by atoms with Crippen molar-refractivity contribution in [2.45, 2.75) is 13.3 Å². The number of hydrogen-bond donors (Lipinski definition) is 1. The zero-order chi connectivity index (χ0) is 14.5. The molecule has 6 heteroatoms. The van der Waals surface area contributed by atoms with Crippen LogP contribution in [0.15, 0.2) is 24.3 Å². The predicted molar refractivity (Wildman–Crippen MR) is 78.7 cm³/mol. The third-order valence-electron chi connectivity index (χ3n) is 3.13. The number of carbonyl (C=O) groups excluding carboxylic acids is 2. The van der Waals surface area contributed by atoms with Crippen LogP contribution in [0.1, 0.15) is 13.3 Å². The molecule has 1 aliphatic heterocycles. The molecule has 1 fully saturated rings. The van der Waals surface area contributed by atoms with Crippen molar-refractivity contribution in [3.8, 4) is 0 Å². The van der Waals surface area contributed by atoms with Gasteiger partial charge in [0.1, 0.15) is 13.2 Å². The van der Waals surface area contributed by atoms with E-state index in [1.165, 1.54) is 0 Å². The van der Waals surface area contributed by atoms with Gasteiger partial charge >= 0.3 is 0 Å². The summed E-state index contributed by atoms with van der Waals surface area (Å²) >= 11 is 5.83. The van der Waals surface area contributed by atoms with Gasteiger partial charge < -0.3 is 10.2 Å². The van der Waals surface area contributed by atoms with Crippen LogP contribution in [0.5, 0.6) is 0 Å². The second-order valence-electron chi connectivity index (χ2n) is 4.71. The summed E-state index contributed by atoms with van der Waals surface area (Å²) in [4.78, 5) is 27.1. The molecule has 1 N–H and O–H groups in total. The van der Waals surface area contributed by atoms with Gasteiger partial charge in [-0.1, -0.05) is 18.5 Å². The molecule has 2 amide bonds. The summed E-state index contributed by atoms with van der Waals surface area (Å²) in [6, 6.07) is 7.03. The molecule has 0 atom stereocenters. The molecule has 0 spiro atoms. The number of halogens is 1. The quantitative estimate of drug-likeness (QED) is 0.837. The Morgan fingerprint density at radius 1 is 1.35 bits per heavy atom. The zero-order valence-corrected chi connectivity index (χ0v) is 12.2. The van der Waals surface area contributed by atoms with E-state index in [-0.39, 0.29) is 24.9 Å². The highest BCUT2D eigenvalue weighted by Crippen LogP contribution is 2.21. The fourth-order valence-electron chi connectivity index (χ4n) is 2.05. The van der Waals surface area contributed by atoms with E-state index in [1.54, 1.807) is 34.1 Å². The lowest BCUT2D eigenvalue weighted by atomic mass is 10.3. The Balaban J connectivity index is 1.96. The maximum Gasteiger partial charge on any atom is 0.248 e. The van der Waals surface area contributed by atoms with Crippen molar-refractivity contribution in [1.29, 1.82) is 0 Å². The highest BCUT2D eigenvalue weighted by atomic mass is 35.5. The van der Waals surface area contributed by atoms with E-state index in [2.05, 4.69) is 5.32 Å². The maximum absolute atomic E-state index is 12.0. The first kappa shape index (κ1) is 14.8. The fourth-order valence-corrected chi connectivity index (χ4v) is 2.17. The van der Waals surface area contributed by atoms with Crippen LogP contribution in [0.25, 0.3) is 0 Å². The van der Waals surface area contributed by atoms with Gasteiger partial charge in [-0.25, -0.2) is 0 Å². The summed E-state index contributed by atoms with van der Waals surface area (Å²) in [5.74, 6) is -0.126. The Labute approximate surface area is 123 Å². The standard InChI is InChI=1S/C14H18ClN3O2/c1-2-7-16-8-13(19)17-9-14(20)18(10-17)12-5-3-11(15)4-6-12/h3-6,16H,2,7-10H2,1H3. The monoisotopic (exact) mass is 295 g/mol. The van der Waals surface area contributed by atoms with Crippen LogP contribution < -0.4 is 10.2 Å². The number of nitrogens with one attached hydrogen (secondary N) is 1. The van der Waals surface area contributed by atoms with Gasteiger partial charge in [0.2, 0.25) is 11.8 Å². The number of hydrogen-bond acceptors (Lipinski definition) is 3. The van der Waals surface area contributed by atoms with Crippen molar-refractivity contribution < 1.29 is 9.59 Å². The van der Waals surface area contributed by atoms with Gasteiger partial charge in [-0.3, -0.25) is 14.5 Å². The van der Waals surface area contributed by atoms with Crippen LogP contribution in [-0.4, -0.2) is 43.0 Å². The van der Waals surface area contributed by atoms with E-state index in [9.17, 15) is 9.59 Å². The first-order valence-electron chi connectivity index (χ1n) is 6.66. The highest BCUT2D eigenvalue weighted by molar-refractivity contribution is 6.30. The number of benzene rings is 1. The molecule has 1 aromatic carbocycles. The van der Waals surface area contributed by atoms with Gasteiger partial charge in [-0.2, -0.15) is 0 Å². The second kappa shape index (κ2) is 6.72. The first-order valence-corrected chi connectivity index (χ1v) is 7.04. The van der Waals surface area contributed by atoms with Crippen LogP contribution in [0, 0.1) is 0 Å². The molecule has 0 saturated carbocycles. The molecule has 1 aromatic rings. The van der Waals surface area contributed by atoms with Crippen LogP contribution >= 0.6 is 11.6 Å². The molecule has 0 unspecified atom stereocenters. The van der Waals surface area contributed by atoms with Gasteiger partial charge in [0.05, 0.1) is 6.54 Å². The number of nitrogens with zero attached hydrogens (tertiary/aromatic N) is 2. The molecule has 5 nitrogen and oxygen atoms in total.